The Hall–Kier alpha value is -1.36. The van der Waals surface area contributed by atoms with Crippen LogP contribution in [0.2, 0.25) is 0 Å². The van der Waals surface area contributed by atoms with E-state index < -0.39 is 0 Å². The molecule has 0 aliphatic carbocycles. The summed E-state index contributed by atoms with van der Waals surface area (Å²) in [4.78, 5) is 19.3. The summed E-state index contributed by atoms with van der Waals surface area (Å²) >= 11 is 0. The second-order valence-electron chi connectivity index (χ2n) is 4.49. The molecule has 5 heteroatoms. The molecule has 0 radical (unpaired) electrons. The first kappa shape index (κ1) is 12.1. The zero-order chi connectivity index (χ0) is 12.1. The maximum atomic E-state index is 12.1. The van der Waals surface area contributed by atoms with Crippen molar-refractivity contribution >= 4 is 5.91 Å². The van der Waals surface area contributed by atoms with E-state index in [-0.39, 0.29) is 17.9 Å². The summed E-state index contributed by atoms with van der Waals surface area (Å²) in [7, 11) is 0. The Morgan fingerprint density at radius 3 is 3.18 bits per heavy atom. The van der Waals surface area contributed by atoms with Crippen LogP contribution in [0, 0.1) is 5.92 Å². The summed E-state index contributed by atoms with van der Waals surface area (Å²) in [6, 6.07) is -0.000531. The third-order valence-electron chi connectivity index (χ3n) is 3.24. The lowest BCUT2D eigenvalue weighted by atomic mass is 9.98. The number of rotatable bonds is 4. The minimum absolute atomic E-state index is 0.000531. The van der Waals surface area contributed by atoms with Gasteiger partial charge in [0.15, 0.2) is 0 Å². The van der Waals surface area contributed by atoms with Gasteiger partial charge in [0, 0.05) is 18.9 Å². The highest BCUT2D eigenvalue weighted by atomic mass is 16.2. The van der Waals surface area contributed by atoms with E-state index in [2.05, 4.69) is 20.6 Å². The number of amides is 1. The van der Waals surface area contributed by atoms with E-state index in [0.717, 1.165) is 38.2 Å². The number of imidazole rings is 1. The minimum atomic E-state index is -0.000531. The summed E-state index contributed by atoms with van der Waals surface area (Å²) in [5.74, 6) is 1.08. The van der Waals surface area contributed by atoms with Crippen molar-refractivity contribution in [1.29, 1.82) is 0 Å². The van der Waals surface area contributed by atoms with E-state index in [9.17, 15) is 4.79 Å². The maximum absolute atomic E-state index is 12.1. The number of hydrogen-bond acceptors (Lipinski definition) is 3. The summed E-state index contributed by atoms with van der Waals surface area (Å²) in [5.41, 5.74) is 0. The first-order chi connectivity index (χ1) is 8.31. The second-order valence-corrected chi connectivity index (χ2v) is 4.49. The van der Waals surface area contributed by atoms with Gasteiger partial charge in [-0.05, 0) is 25.8 Å². The van der Waals surface area contributed by atoms with Crippen LogP contribution in [0.25, 0.3) is 0 Å². The summed E-state index contributed by atoms with van der Waals surface area (Å²) in [6.45, 7) is 3.87. The van der Waals surface area contributed by atoms with Crippen LogP contribution in [0.1, 0.15) is 38.1 Å². The van der Waals surface area contributed by atoms with Crippen molar-refractivity contribution < 1.29 is 4.79 Å². The molecule has 1 fully saturated rings. The zero-order valence-electron chi connectivity index (χ0n) is 10.2. The molecule has 3 N–H and O–H groups in total. The van der Waals surface area contributed by atoms with E-state index in [1.54, 1.807) is 12.4 Å². The molecular formula is C12H20N4O. The fraction of sp³-hybridized carbons (Fsp3) is 0.667. The van der Waals surface area contributed by atoms with E-state index in [4.69, 9.17) is 0 Å². The van der Waals surface area contributed by atoms with Crippen LogP contribution in [0.3, 0.4) is 0 Å². The number of piperidine rings is 1. The van der Waals surface area contributed by atoms with Gasteiger partial charge in [-0.25, -0.2) is 4.98 Å². The number of carbonyl (C=O) groups is 1. The van der Waals surface area contributed by atoms with Crippen molar-refractivity contribution in [2.45, 2.75) is 32.2 Å². The van der Waals surface area contributed by atoms with Crippen molar-refractivity contribution in [3.8, 4) is 0 Å². The monoisotopic (exact) mass is 236 g/mol. The van der Waals surface area contributed by atoms with Crippen LogP contribution in [-0.2, 0) is 4.79 Å². The molecule has 2 heterocycles. The average Bonchev–Trinajstić information content (AvgIpc) is 2.90. The number of H-pyrrole nitrogens is 1. The number of aromatic nitrogens is 2. The molecule has 2 atom stereocenters. The molecular weight excluding hydrogens is 216 g/mol. The Kier molecular flexibility index (Phi) is 4.14. The fourth-order valence-electron chi connectivity index (χ4n) is 2.20. The quantitative estimate of drug-likeness (QED) is 0.729. The smallest absolute Gasteiger partial charge is 0.224 e. The molecule has 1 aliphatic heterocycles. The molecule has 0 aromatic carbocycles. The van der Waals surface area contributed by atoms with Gasteiger partial charge in [0.25, 0.3) is 0 Å². The summed E-state index contributed by atoms with van der Waals surface area (Å²) in [6.07, 6.45) is 6.40. The molecule has 1 amide bonds. The van der Waals surface area contributed by atoms with Crippen molar-refractivity contribution in [3.63, 3.8) is 0 Å². The van der Waals surface area contributed by atoms with Crippen LogP contribution in [0.15, 0.2) is 12.4 Å². The van der Waals surface area contributed by atoms with Gasteiger partial charge in [-0.1, -0.05) is 6.92 Å². The molecule has 94 valence electrons. The first-order valence-electron chi connectivity index (χ1n) is 6.31. The predicted molar refractivity (Wildman–Crippen MR) is 65.4 cm³/mol. The first-order valence-corrected chi connectivity index (χ1v) is 6.31. The highest BCUT2D eigenvalue weighted by Crippen LogP contribution is 2.15. The molecule has 1 saturated heterocycles. The maximum Gasteiger partial charge on any atom is 0.224 e. The van der Waals surface area contributed by atoms with Crippen molar-refractivity contribution in [2.75, 3.05) is 13.1 Å². The van der Waals surface area contributed by atoms with Crippen LogP contribution in [0.4, 0.5) is 0 Å². The van der Waals surface area contributed by atoms with E-state index >= 15 is 0 Å². The average molecular weight is 236 g/mol. The minimum Gasteiger partial charge on any atom is -0.347 e. The second kappa shape index (κ2) is 5.82. The van der Waals surface area contributed by atoms with Gasteiger partial charge in [-0.3, -0.25) is 4.79 Å². The lowest BCUT2D eigenvalue weighted by Crippen LogP contribution is -2.41. The van der Waals surface area contributed by atoms with Crippen molar-refractivity contribution in [1.82, 2.24) is 20.6 Å². The lowest BCUT2D eigenvalue weighted by molar-refractivity contribution is -0.126. The van der Waals surface area contributed by atoms with Gasteiger partial charge < -0.3 is 15.6 Å². The summed E-state index contributed by atoms with van der Waals surface area (Å²) in [5, 5.41) is 6.32. The van der Waals surface area contributed by atoms with Crippen LogP contribution in [0.5, 0.6) is 0 Å². The largest absolute Gasteiger partial charge is 0.347 e. The van der Waals surface area contributed by atoms with Gasteiger partial charge in [0.2, 0.25) is 5.91 Å². The van der Waals surface area contributed by atoms with E-state index in [0.29, 0.717) is 0 Å². The third-order valence-corrected chi connectivity index (χ3v) is 3.24. The van der Waals surface area contributed by atoms with Gasteiger partial charge in [0.05, 0.1) is 12.0 Å². The Balaban J connectivity index is 1.92. The zero-order valence-corrected chi connectivity index (χ0v) is 10.2. The van der Waals surface area contributed by atoms with Gasteiger partial charge in [-0.2, -0.15) is 0 Å². The molecule has 17 heavy (non-hydrogen) atoms. The predicted octanol–water partition coefficient (Wildman–Crippen LogP) is 0.977. The van der Waals surface area contributed by atoms with E-state index in [1.807, 2.05) is 6.92 Å². The molecule has 1 aromatic heterocycles. The molecule has 5 nitrogen and oxygen atoms in total. The fourth-order valence-corrected chi connectivity index (χ4v) is 2.20. The van der Waals surface area contributed by atoms with Crippen LogP contribution < -0.4 is 10.6 Å². The molecule has 1 aromatic rings. The van der Waals surface area contributed by atoms with Gasteiger partial charge in [-0.15, -0.1) is 0 Å². The van der Waals surface area contributed by atoms with Crippen molar-refractivity contribution in [3.05, 3.63) is 18.2 Å². The van der Waals surface area contributed by atoms with Gasteiger partial charge >= 0.3 is 0 Å². The van der Waals surface area contributed by atoms with Crippen molar-refractivity contribution in [2.24, 2.45) is 5.92 Å². The Morgan fingerprint density at radius 1 is 1.71 bits per heavy atom. The topological polar surface area (TPSA) is 69.8 Å². The van der Waals surface area contributed by atoms with Crippen LogP contribution >= 0.6 is 0 Å². The molecule has 0 bridgehead atoms. The molecule has 1 unspecified atom stereocenters. The Bertz CT molecular complexity index is 343. The number of aromatic amines is 1. The van der Waals surface area contributed by atoms with E-state index in [1.165, 1.54) is 0 Å². The number of carbonyl (C=O) groups excluding carboxylic acids is 1. The number of hydrogen-bond donors (Lipinski definition) is 3. The molecule has 0 saturated carbocycles. The third kappa shape index (κ3) is 3.06. The Labute approximate surface area is 101 Å². The standard InChI is InChI=1S/C12H20N4O/c1-2-10(11-14-6-7-15-11)16-12(17)9-4-3-5-13-8-9/h6-7,9-10,13H,2-5,8H2,1H3,(H,14,15)(H,16,17)/t9-,10?/m1/s1. The van der Waals surface area contributed by atoms with Gasteiger partial charge in [0.1, 0.15) is 5.82 Å². The Morgan fingerprint density at radius 2 is 2.59 bits per heavy atom. The normalized spacial score (nSPS) is 22.1. The highest BCUT2D eigenvalue weighted by Gasteiger charge is 2.23. The summed E-state index contributed by atoms with van der Waals surface area (Å²) < 4.78 is 0. The molecule has 1 aliphatic rings. The highest BCUT2D eigenvalue weighted by molar-refractivity contribution is 5.79. The lowest BCUT2D eigenvalue weighted by Gasteiger charge is -2.24. The van der Waals surface area contributed by atoms with Crippen LogP contribution in [-0.4, -0.2) is 29.0 Å². The molecule has 0 spiro atoms. The number of nitrogens with zero attached hydrogens (tertiary/aromatic N) is 1. The molecule has 2 rings (SSSR count). The SMILES string of the molecule is CCC(NC(=O)[C@@H]1CCCNC1)c1ncc[nH]1. The number of nitrogens with one attached hydrogen (secondary N) is 3.